The zero-order chi connectivity index (χ0) is 21.1. The van der Waals surface area contributed by atoms with Crippen molar-refractivity contribution in [3.8, 4) is 17.0 Å². The van der Waals surface area contributed by atoms with Crippen LogP contribution in [0, 0.1) is 0 Å². The van der Waals surface area contributed by atoms with Crippen LogP contribution in [0.15, 0.2) is 63.8 Å². The van der Waals surface area contributed by atoms with Gasteiger partial charge in [0.15, 0.2) is 4.80 Å². The lowest BCUT2D eigenvalue weighted by Gasteiger charge is -2.15. The number of hydrogen-bond acceptors (Lipinski definition) is 5. The van der Waals surface area contributed by atoms with E-state index in [9.17, 15) is 8.42 Å². The van der Waals surface area contributed by atoms with E-state index in [4.69, 9.17) is 9.73 Å². The molecular weight excluding hydrogens is 498 g/mol. The molecular formula is C22H26BrN3O3S2. The van der Waals surface area contributed by atoms with E-state index in [0.29, 0.717) is 18.0 Å². The Morgan fingerprint density at radius 2 is 1.81 bits per heavy atom. The minimum Gasteiger partial charge on any atom is -0.497 e. The number of rotatable bonds is 6. The first-order valence-electron chi connectivity index (χ1n) is 10.0. The summed E-state index contributed by atoms with van der Waals surface area (Å²) in [6.45, 7) is 4.06. The summed E-state index contributed by atoms with van der Waals surface area (Å²) in [5, 5.41) is 2.06. The molecule has 2 aromatic carbocycles. The lowest BCUT2D eigenvalue weighted by molar-refractivity contribution is 0.415. The standard InChI is InChI=1S/C22H25N3O3S2.BrH/c1-3-25-21(16-29-22(25)23-18-7-6-8-19(15-18)28-2)17-9-11-20(12-10-17)30(26,27)24-13-4-5-14-24;/h6-12,15-16H,3-5,13-14H2,1-2H3;1H. The summed E-state index contributed by atoms with van der Waals surface area (Å²) in [5.74, 6) is 0.769. The minimum atomic E-state index is -3.40. The van der Waals surface area contributed by atoms with Crippen LogP contribution >= 0.6 is 28.3 Å². The highest BCUT2D eigenvalue weighted by Crippen LogP contribution is 2.26. The van der Waals surface area contributed by atoms with Gasteiger partial charge in [-0.3, -0.25) is 0 Å². The van der Waals surface area contributed by atoms with Gasteiger partial charge >= 0.3 is 0 Å². The highest BCUT2D eigenvalue weighted by molar-refractivity contribution is 8.93. The molecule has 3 aromatic rings. The Hall–Kier alpha value is -1.94. The normalized spacial score (nSPS) is 15.1. The number of aromatic nitrogens is 1. The summed E-state index contributed by atoms with van der Waals surface area (Å²) in [6, 6.07) is 14.8. The average Bonchev–Trinajstić information content (AvgIpc) is 3.44. The zero-order valence-corrected chi connectivity index (χ0v) is 20.9. The largest absolute Gasteiger partial charge is 0.497 e. The van der Waals surface area contributed by atoms with Gasteiger partial charge in [0.2, 0.25) is 10.0 Å². The van der Waals surface area contributed by atoms with E-state index in [0.717, 1.165) is 46.9 Å². The number of hydrogen-bond donors (Lipinski definition) is 0. The number of thiazole rings is 1. The van der Waals surface area contributed by atoms with Crippen LogP contribution in [0.2, 0.25) is 0 Å². The van der Waals surface area contributed by atoms with E-state index in [1.165, 1.54) is 0 Å². The molecule has 4 rings (SSSR count). The van der Waals surface area contributed by atoms with Crippen molar-refractivity contribution in [2.45, 2.75) is 31.2 Å². The summed E-state index contributed by atoms with van der Waals surface area (Å²) in [7, 11) is -1.76. The highest BCUT2D eigenvalue weighted by Gasteiger charge is 2.27. The molecule has 166 valence electrons. The fourth-order valence-electron chi connectivity index (χ4n) is 3.62. The molecule has 0 atom stereocenters. The second-order valence-electron chi connectivity index (χ2n) is 7.10. The molecule has 2 heterocycles. The monoisotopic (exact) mass is 523 g/mol. The van der Waals surface area contributed by atoms with Crippen LogP contribution in [0.25, 0.3) is 11.3 Å². The molecule has 0 amide bonds. The fourth-order valence-corrected chi connectivity index (χ4v) is 6.13. The Balaban J connectivity index is 0.00000272. The number of benzene rings is 2. The van der Waals surface area contributed by atoms with Gasteiger partial charge in [-0.05, 0) is 49.6 Å². The van der Waals surface area contributed by atoms with E-state index >= 15 is 0 Å². The van der Waals surface area contributed by atoms with Crippen molar-refractivity contribution < 1.29 is 13.2 Å². The maximum atomic E-state index is 12.8. The second kappa shape index (κ2) is 10.1. The summed E-state index contributed by atoms with van der Waals surface area (Å²) in [4.78, 5) is 6.01. The molecule has 0 radical (unpaired) electrons. The first-order chi connectivity index (χ1) is 14.5. The number of ether oxygens (including phenoxy) is 1. The molecule has 0 spiro atoms. The summed E-state index contributed by atoms with van der Waals surface area (Å²) < 4.78 is 34.5. The molecule has 1 fully saturated rings. The quantitative estimate of drug-likeness (QED) is 0.464. The van der Waals surface area contributed by atoms with Crippen LogP contribution in [-0.4, -0.2) is 37.5 Å². The van der Waals surface area contributed by atoms with Crippen molar-refractivity contribution in [1.29, 1.82) is 0 Å². The smallest absolute Gasteiger partial charge is 0.243 e. The summed E-state index contributed by atoms with van der Waals surface area (Å²) >= 11 is 1.56. The van der Waals surface area contributed by atoms with Crippen molar-refractivity contribution in [2.24, 2.45) is 4.99 Å². The SMILES string of the molecule is Br.CCn1c(-c2ccc(S(=O)(=O)N3CCCC3)cc2)csc1=Nc1cccc(OC)c1. The van der Waals surface area contributed by atoms with Crippen LogP contribution in [-0.2, 0) is 16.6 Å². The van der Waals surface area contributed by atoms with Crippen LogP contribution < -0.4 is 9.54 Å². The van der Waals surface area contributed by atoms with Gasteiger partial charge in [0.1, 0.15) is 5.75 Å². The van der Waals surface area contributed by atoms with Crippen molar-refractivity contribution in [3.63, 3.8) is 0 Å². The van der Waals surface area contributed by atoms with E-state index < -0.39 is 10.0 Å². The Labute approximate surface area is 197 Å². The third-order valence-corrected chi connectivity index (χ3v) is 8.02. The number of sulfonamides is 1. The van der Waals surface area contributed by atoms with Crippen LogP contribution in [0.4, 0.5) is 5.69 Å². The maximum absolute atomic E-state index is 12.8. The third-order valence-electron chi connectivity index (χ3n) is 5.24. The molecule has 1 aliphatic rings. The topological polar surface area (TPSA) is 63.9 Å². The highest BCUT2D eigenvalue weighted by atomic mass is 79.9. The predicted molar refractivity (Wildman–Crippen MR) is 130 cm³/mol. The first-order valence-corrected chi connectivity index (χ1v) is 12.3. The molecule has 0 bridgehead atoms. The van der Waals surface area contributed by atoms with Gasteiger partial charge < -0.3 is 9.30 Å². The van der Waals surface area contributed by atoms with E-state index in [1.807, 2.05) is 36.4 Å². The molecule has 0 unspecified atom stereocenters. The third kappa shape index (κ3) is 4.95. The molecule has 6 nitrogen and oxygen atoms in total. The Kier molecular flexibility index (Phi) is 7.74. The summed E-state index contributed by atoms with van der Waals surface area (Å²) in [6.07, 6.45) is 1.87. The Bertz CT molecular complexity index is 1200. The number of nitrogens with zero attached hydrogens (tertiary/aromatic N) is 3. The second-order valence-corrected chi connectivity index (χ2v) is 9.87. The molecule has 0 saturated carbocycles. The van der Waals surface area contributed by atoms with Gasteiger partial charge in [-0.15, -0.1) is 28.3 Å². The van der Waals surface area contributed by atoms with Gasteiger partial charge in [0, 0.05) is 31.1 Å². The van der Waals surface area contributed by atoms with E-state index in [-0.39, 0.29) is 17.0 Å². The number of halogens is 1. The predicted octanol–water partition coefficient (Wildman–Crippen LogP) is 4.84. The van der Waals surface area contributed by atoms with Crippen molar-refractivity contribution in [1.82, 2.24) is 8.87 Å². The van der Waals surface area contributed by atoms with Gasteiger partial charge in [-0.2, -0.15) is 4.31 Å². The Morgan fingerprint density at radius 3 is 2.45 bits per heavy atom. The molecule has 9 heteroatoms. The molecule has 1 aromatic heterocycles. The number of methoxy groups -OCH3 is 1. The lowest BCUT2D eigenvalue weighted by atomic mass is 10.2. The van der Waals surface area contributed by atoms with Crippen LogP contribution in [0.5, 0.6) is 5.75 Å². The average molecular weight is 525 g/mol. The van der Waals surface area contributed by atoms with Crippen molar-refractivity contribution in [3.05, 3.63) is 58.7 Å². The zero-order valence-electron chi connectivity index (χ0n) is 17.5. The molecule has 0 aliphatic carbocycles. The first kappa shape index (κ1) is 23.7. The molecule has 0 N–H and O–H groups in total. The van der Waals surface area contributed by atoms with Gasteiger partial charge in [-0.1, -0.05) is 18.2 Å². The van der Waals surface area contributed by atoms with Gasteiger partial charge in [0.25, 0.3) is 0 Å². The van der Waals surface area contributed by atoms with Crippen LogP contribution in [0.1, 0.15) is 19.8 Å². The van der Waals surface area contributed by atoms with Gasteiger partial charge in [0.05, 0.1) is 23.4 Å². The fraction of sp³-hybridized carbons (Fsp3) is 0.318. The van der Waals surface area contributed by atoms with Crippen molar-refractivity contribution >= 4 is 44.0 Å². The van der Waals surface area contributed by atoms with Crippen molar-refractivity contribution in [2.75, 3.05) is 20.2 Å². The minimum absolute atomic E-state index is 0. The molecule has 31 heavy (non-hydrogen) atoms. The van der Waals surface area contributed by atoms with E-state index in [1.54, 1.807) is 34.9 Å². The molecule has 1 saturated heterocycles. The lowest BCUT2D eigenvalue weighted by Crippen LogP contribution is -2.27. The summed E-state index contributed by atoms with van der Waals surface area (Å²) in [5.41, 5.74) is 2.83. The van der Waals surface area contributed by atoms with E-state index in [2.05, 4.69) is 16.9 Å². The Morgan fingerprint density at radius 1 is 1.10 bits per heavy atom. The maximum Gasteiger partial charge on any atom is 0.243 e. The molecule has 1 aliphatic heterocycles. The van der Waals surface area contributed by atoms with Crippen LogP contribution in [0.3, 0.4) is 0 Å². The van der Waals surface area contributed by atoms with Gasteiger partial charge in [-0.25, -0.2) is 13.4 Å².